The van der Waals surface area contributed by atoms with Crippen LogP contribution in [0.3, 0.4) is 0 Å². The van der Waals surface area contributed by atoms with E-state index >= 15 is 0 Å². The lowest BCUT2D eigenvalue weighted by Crippen LogP contribution is -2.05. The molecule has 0 saturated heterocycles. The molecule has 0 fully saturated rings. The lowest BCUT2D eigenvalue weighted by atomic mass is 10.1. The summed E-state index contributed by atoms with van der Waals surface area (Å²) in [5, 5.41) is 10.2. The molecule has 0 aliphatic rings. The van der Waals surface area contributed by atoms with Gasteiger partial charge in [0.25, 0.3) is 0 Å². The van der Waals surface area contributed by atoms with E-state index in [1.165, 1.54) is 0 Å². The normalized spacial score (nSPS) is 12.9. The number of rotatable bonds is 3. The van der Waals surface area contributed by atoms with Crippen molar-refractivity contribution in [3.63, 3.8) is 0 Å². The van der Waals surface area contributed by atoms with E-state index in [4.69, 9.17) is 16.3 Å². The predicted octanol–water partition coefficient (Wildman–Crippen LogP) is 2.33. The fraction of sp³-hybridized carbons (Fsp3) is 0.400. The van der Waals surface area contributed by atoms with Gasteiger partial charge in [-0.05, 0) is 13.0 Å². The number of aliphatic hydroxyl groups excluding tert-OH is 1. The predicted molar refractivity (Wildman–Crippen MR) is 53.0 cm³/mol. The number of hydrogen-bond donors (Lipinski definition) is 1. The van der Waals surface area contributed by atoms with Crippen LogP contribution in [0.15, 0.2) is 18.2 Å². The molecular formula is C10H13ClO2. The number of ether oxygens (including phenoxy) is 1. The number of aryl methyl sites for hydroxylation is 1. The molecule has 0 aliphatic carbocycles. The van der Waals surface area contributed by atoms with Gasteiger partial charge in [0.15, 0.2) is 0 Å². The summed E-state index contributed by atoms with van der Waals surface area (Å²) in [7, 11) is 1.55. The average Bonchev–Trinajstić information content (AvgIpc) is 2.09. The molecule has 13 heavy (non-hydrogen) atoms. The van der Waals surface area contributed by atoms with Gasteiger partial charge in [0.2, 0.25) is 0 Å². The van der Waals surface area contributed by atoms with E-state index in [1.54, 1.807) is 13.2 Å². The lowest BCUT2D eigenvalue weighted by molar-refractivity contribution is 0.0644. The van der Waals surface area contributed by atoms with Gasteiger partial charge < -0.3 is 9.84 Å². The van der Waals surface area contributed by atoms with Crippen LogP contribution in [0, 0.1) is 6.92 Å². The number of aliphatic hydroxyl groups is 1. The lowest BCUT2D eigenvalue weighted by Gasteiger charge is -2.12. The summed E-state index contributed by atoms with van der Waals surface area (Å²) in [6.07, 6.45) is -0.641. The van der Waals surface area contributed by atoms with Crippen LogP contribution in [0.4, 0.5) is 0 Å². The van der Waals surface area contributed by atoms with Gasteiger partial charge in [-0.1, -0.05) is 29.3 Å². The molecule has 0 radical (unpaired) electrons. The first-order chi connectivity index (χ1) is 6.15. The van der Waals surface area contributed by atoms with Crippen LogP contribution in [-0.4, -0.2) is 18.8 Å². The Bertz CT molecular complexity index is 286. The summed E-state index contributed by atoms with van der Waals surface area (Å²) < 4.78 is 4.84. The Balaban J connectivity index is 2.91. The highest BCUT2D eigenvalue weighted by Crippen LogP contribution is 2.24. The van der Waals surface area contributed by atoms with E-state index in [1.807, 2.05) is 19.1 Å². The van der Waals surface area contributed by atoms with E-state index in [0.717, 1.165) is 11.1 Å². The zero-order valence-electron chi connectivity index (χ0n) is 7.75. The molecule has 2 nitrogen and oxygen atoms in total. The van der Waals surface area contributed by atoms with Crippen LogP contribution >= 0.6 is 11.6 Å². The zero-order valence-corrected chi connectivity index (χ0v) is 8.51. The van der Waals surface area contributed by atoms with E-state index in [2.05, 4.69) is 0 Å². The molecule has 72 valence electrons. The molecular weight excluding hydrogens is 188 g/mol. The largest absolute Gasteiger partial charge is 0.386 e. The quantitative estimate of drug-likeness (QED) is 0.812. The van der Waals surface area contributed by atoms with Gasteiger partial charge in [-0.25, -0.2) is 0 Å². The van der Waals surface area contributed by atoms with Crippen molar-refractivity contribution in [1.29, 1.82) is 0 Å². The van der Waals surface area contributed by atoms with Crippen LogP contribution in [-0.2, 0) is 4.74 Å². The Hall–Kier alpha value is -0.570. The van der Waals surface area contributed by atoms with Gasteiger partial charge in [0, 0.05) is 17.7 Å². The monoisotopic (exact) mass is 200 g/mol. The topological polar surface area (TPSA) is 29.5 Å². The van der Waals surface area contributed by atoms with Crippen molar-refractivity contribution >= 4 is 11.6 Å². The minimum Gasteiger partial charge on any atom is -0.386 e. The Morgan fingerprint density at radius 2 is 2.23 bits per heavy atom. The third-order valence-electron chi connectivity index (χ3n) is 1.84. The molecule has 0 spiro atoms. The minimum atomic E-state index is -0.641. The highest BCUT2D eigenvalue weighted by molar-refractivity contribution is 6.31. The van der Waals surface area contributed by atoms with Crippen LogP contribution < -0.4 is 0 Å². The molecule has 3 heteroatoms. The molecule has 1 atom stereocenters. The molecule has 1 N–H and O–H groups in total. The maximum atomic E-state index is 9.62. The smallest absolute Gasteiger partial charge is 0.104 e. The summed E-state index contributed by atoms with van der Waals surface area (Å²) in [4.78, 5) is 0. The van der Waals surface area contributed by atoms with Gasteiger partial charge in [-0.3, -0.25) is 0 Å². The summed E-state index contributed by atoms with van der Waals surface area (Å²) >= 11 is 5.91. The number of methoxy groups -OCH3 is 1. The molecule has 1 unspecified atom stereocenters. The van der Waals surface area contributed by atoms with Crippen LogP contribution in [0.1, 0.15) is 17.2 Å². The van der Waals surface area contributed by atoms with Crippen molar-refractivity contribution < 1.29 is 9.84 Å². The van der Waals surface area contributed by atoms with Crippen molar-refractivity contribution in [3.8, 4) is 0 Å². The Labute approximate surface area is 83.1 Å². The third-order valence-corrected chi connectivity index (χ3v) is 2.18. The average molecular weight is 201 g/mol. The second-order valence-electron chi connectivity index (χ2n) is 3.00. The van der Waals surface area contributed by atoms with Gasteiger partial charge in [-0.15, -0.1) is 0 Å². The molecule has 0 heterocycles. The maximum Gasteiger partial charge on any atom is 0.104 e. The Morgan fingerprint density at radius 1 is 1.54 bits per heavy atom. The molecule has 0 bridgehead atoms. The molecule has 0 aliphatic heterocycles. The second kappa shape index (κ2) is 4.61. The standard InChI is InChI=1S/C10H13ClO2/c1-7-3-4-9(11)8(5-7)10(12)6-13-2/h3-5,10,12H,6H2,1-2H3. The fourth-order valence-electron chi connectivity index (χ4n) is 1.17. The number of halogens is 1. The van der Waals surface area contributed by atoms with Crippen molar-refractivity contribution in [2.24, 2.45) is 0 Å². The van der Waals surface area contributed by atoms with E-state index in [0.29, 0.717) is 5.02 Å². The summed E-state index contributed by atoms with van der Waals surface area (Å²) in [6.45, 7) is 2.22. The van der Waals surface area contributed by atoms with Crippen LogP contribution in [0.5, 0.6) is 0 Å². The SMILES string of the molecule is COCC(O)c1cc(C)ccc1Cl. The van der Waals surface area contributed by atoms with E-state index in [-0.39, 0.29) is 6.61 Å². The Kier molecular flexibility index (Phi) is 3.72. The Morgan fingerprint density at radius 3 is 2.85 bits per heavy atom. The molecule has 1 aromatic rings. The molecule has 1 rings (SSSR count). The van der Waals surface area contributed by atoms with Crippen molar-refractivity contribution in [2.45, 2.75) is 13.0 Å². The van der Waals surface area contributed by atoms with Crippen LogP contribution in [0.25, 0.3) is 0 Å². The van der Waals surface area contributed by atoms with Gasteiger partial charge in [0.1, 0.15) is 6.10 Å². The third kappa shape index (κ3) is 2.69. The first-order valence-electron chi connectivity index (χ1n) is 4.08. The molecule has 0 saturated carbocycles. The summed E-state index contributed by atoms with van der Waals surface area (Å²) in [6, 6.07) is 5.56. The maximum absolute atomic E-state index is 9.62. The van der Waals surface area contributed by atoms with Crippen molar-refractivity contribution in [3.05, 3.63) is 34.3 Å². The van der Waals surface area contributed by atoms with E-state index < -0.39 is 6.10 Å². The second-order valence-corrected chi connectivity index (χ2v) is 3.40. The minimum absolute atomic E-state index is 0.267. The van der Waals surface area contributed by atoms with Gasteiger partial charge in [0.05, 0.1) is 6.61 Å². The zero-order chi connectivity index (χ0) is 9.84. The molecule has 0 amide bonds. The van der Waals surface area contributed by atoms with E-state index in [9.17, 15) is 5.11 Å². The van der Waals surface area contributed by atoms with Crippen molar-refractivity contribution in [2.75, 3.05) is 13.7 Å². The highest BCUT2D eigenvalue weighted by atomic mass is 35.5. The first kappa shape index (κ1) is 10.5. The number of hydrogen-bond acceptors (Lipinski definition) is 2. The first-order valence-corrected chi connectivity index (χ1v) is 4.46. The fourth-order valence-corrected chi connectivity index (χ4v) is 1.41. The molecule has 1 aromatic carbocycles. The van der Waals surface area contributed by atoms with Crippen LogP contribution in [0.2, 0.25) is 5.02 Å². The van der Waals surface area contributed by atoms with Crippen molar-refractivity contribution in [1.82, 2.24) is 0 Å². The highest BCUT2D eigenvalue weighted by Gasteiger charge is 2.10. The summed E-state index contributed by atoms with van der Waals surface area (Å²) in [5.74, 6) is 0. The molecule has 0 aromatic heterocycles. The van der Waals surface area contributed by atoms with Gasteiger partial charge in [-0.2, -0.15) is 0 Å². The number of benzene rings is 1. The summed E-state index contributed by atoms with van der Waals surface area (Å²) in [5.41, 5.74) is 1.80. The van der Waals surface area contributed by atoms with Gasteiger partial charge >= 0.3 is 0 Å².